The first-order chi connectivity index (χ1) is 5.47. The Morgan fingerprint density at radius 3 is 2.45 bits per heavy atom. The van der Waals surface area contributed by atoms with E-state index in [1.165, 1.54) is 0 Å². The first kappa shape index (κ1) is 6.16. The number of pyridine rings is 1. The molecular formula is C9H7NO. The fourth-order valence-electron chi connectivity index (χ4n) is 0.973. The fraction of sp³-hybridized carbons (Fsp3) is 0. The predicted molar refractivity (Wildman–Crippen MR) is 41.9 cm³/mol. The van der Waals surface area contributed by atoms with Crippen molar-refractivity contribution in [2.24, 2.45) is 0 Å². The molecule has 2 heteroatoms. The standard InChI is InChI=1S/C9H7NO/c1-4-10-5-2-8(1)9-3-6-11-7-9/h1-7H. The average molecular weight is 145 g/mol. The summed E-state index contributed by atoms with van der Waals surface area (Å²) in [5.41, 5.74) is 2.22. The van der Waals surface area contributed by atoms with Gasteiger partial charge in [0.2, 0.25) is 0 Å². The van der Waals surface area contributed by atoms with Crippen molar-refractivity contribution in [1.29, 1.82) is 0 Å². The molecule has 0 amide bonds. The third kappa shape index (κ3) is 1.15. The minimum atomic E-state index is 1.09. The Morgan fingerprint density at radius 1 is 1.00 bits per heavy atom. The molecule has 0 bridgehead atoms. The molecule has 0 atom stereocenters. The maximum atomic E-state index is 4.95. The van der Waals surface area contributed by atoms with Crippen LogP contribution >= 0.6 is 0 Å². The second kappa shape index (κ2) is 2.58. The third-order valence-corrected chi connectivity index (χ3v) is 1.53. The highest BCUT2D eigenvalue weighted by Gasteiger charge is 1.95. The quantitative estimate of drug-likeness (QED) is 0.615. The number of nitrogens with zero attached hydrogens (tertiary/aromatic N) is 1. The zero-order valence-corrected chi connectivity index (χ0v) is 5.90. The van der Waals surface area contributed by atoms with Gasteiger partial charge in [0, 0.05) is 18.0 Å². The van der Waals surface area contributed by atoms with Crippen LogP contribution in [0, 0.1) is 0 Å². The largest absolute Gasteiger partial charge is 0.472 e. The zero-order chi connectivity index (χ0) is 7.52. The Morgan fingerprint density at radius 2 is 1.82 bits per heavy atom. The molecule has 0 spiro atoms. The van der Waals surface area contributed by atoms with Crippen molar-refractivity contribution in [1.82, 2.24) is 4.98 Å². The zero-order valence-electron chi connectivity index (χ0n) is 5.90. The Kier molecular flexibility index (Phi) is 1.44. The molecule has 2 aromatic rings. The van der Waals surface area contributed by atoms with Crippen LogP contribution < -0.4 is 0 Å². The lowest BCUT2D eigenvalue weighted by Gasteiger charge is -1.91. The van der Waals surface area contributed by atoms with Crippen LogP contribution in [0.4, 0.5) is 0 Å². The summed E-state index contributed by atoms with van der Waals surface area (Å²) in [6.45, 7) is 0. The van der Waals surface area contributed by atoms with E-state index < -0.39 is 0 Å². The van der Waals surface area contributed by atoms with Gasteiger partial charge in [-0.15, -0.1) is 0 Å². The molecule has 0 radical (unpaired) electrons. The first-order valence-corrected chi connectivity index (χ1v) is 3.39. The van der Waals surface area contributed by atoms with Crippen molar-refractivity contribution >= 4 is 0 Å². The SMILES string of the molecule is c1cc(-c2ccoc2)ccn1. The maximum absolute atomic E-state index is 4.95. The van der Waals surface area contributed by atoms with Crippen LogP contribution in [0.3, 0.4) is 0 Å². The van der Waals surface area contributed by atoms with Gasteiger partial charge in [-0.05, 0) is 23.8 Å². The number of hydrogen-bond acceptors (Lipinski definition) is 2. The van der Waals surface area contributed by atoms with Gasteiger partial charge in [-0.25, -0.2) is 0 Å². The maximum Gasteiger partial charge on any atom is 0.0980 e. The molecule has 2 aromatic heterocycles. The topological polar surface area (TPSA) is 26.0 Å². The number of aromatic nitrogens is 1. The molecular weight excluding hydrogens is 138 g/mol. The van der Waals surface area contributed by atoms with Crippen LogP contribution in [-0.4, -0.2) is 4.98 Å². The predicted octanol–water partition coefficient (Wildman–Crippen LogP) is 2.34. The molecule has 0 aliphatic rings. The van der Waals surface area contributed by atoms with Crippen LogP contribution in [0.5, 0.6) is 0 Å². The van der Waals surface area contributed by atoms with E-state index in [1.54, 1.807) is 24.9 Å². The van der Waals surface area contributed by atoms with E-state index in [0.717, 1.165) is 11.1 Å². The smallest absolute Gasteiger partial charge is 0.0980 e. The van der Waals surface area contributed by atoms with Crippen LogP contribution in [-0.2, 0) is 0 Å². The minimum Gasteiger partial charge on any atom is -0.472 e. The van der Waals surface area contributed by atoms with Gasteiger partial charge >= 0.3 is 0 Å². The highest BCUT2D eigenvalue weighted by Crippen LogP contribution is 2.17. The molecule has 2 heterocycles. The monoisotopic (exact) mass is 145 g/mol. The molecule has 0 saturated carbocycles. The minimum absolute atomic E-state index is 1.09. The fourth-order valence-corrected chi connectivity index (χ4v) is 0.973. The molecule has 2 rings (SSSR count). The van der Waals surface area contributed by atoms with Gasteiger partial charge < -0.3 is 4.42 Å². The van der Waals surface area contributed by atoms with E-state index in [9.17, 15) is 0 Å². The van der Waals surface area contributed by atoms with E-state index in [-0.39, 0.29) is 0 Å². The van der Waals surface area contributed by atoms with Crippen LogP contribution in [0.25, 0.3) is 11.1 Å². The summed E-state index contributed by atoms with van der Waals surface area (Å²) in [6.07, 6.45) is 6.91. The average Bonchev–Trinajstić information content (AvgIpc) is 2.58. The molecule has 11 heavy (non-hydrogen) atoms. The molecule has 0 saturated heterocycles. The Labute approximate surface area is 64.5 Å². The number of hydrogen-bond donors (Lipinski definition) is 0. The molecule has 0 aliphatic carbocycles. The van der Waals surface area contributed by atoms with E-state index in [0.29, 0.717) is 0 Å². The van der Waals surface area contributed by atoms with Gasteiger partial charge in [-0.1, -0.05) is 0 Å². The van der Waals surface area contributed by atoms with Gasteiger partial charge in [0.25, 0.3) is 0 Å². The Hall–Kier alpha value is -1.57. The number of rotatable bonds is 1. The number of furan rings is 1. The summed E-state index contributed by atoms with van der Waals surface area (Å²) in [7, 11) is 0. The van der Waals surface area contributed by atoms with Crippen molar-refractivity contribution in [3.63, 3.8) is 0 Å². The Balaban J connectivity index is 2.46. The van der Waals surface area contributed by atoms with Crippen molar-refractivity contribution in [2.75, 3.05) is 0 Å². The third-order valence-electron chi connectivity index (χ3n) is 1.53. The van der Waals surface area contributed by atoms with E-state index in [1.807, 2.05) is 18.2 Å². The molecule has 0 N–H and O–H groups in total. The summed E-state index contributed by atoms with van der Waals surface area (Å²) >= 11 is 0. The lowest BCUT2D eigenvalue weighted by molar-refractivity contribution is 0.568. The van der Waals surface area contributed by atoms with Crippen LogP contribution in [0.1, 0.15) is 0 Å². The second-order valence-electron chi connectivity index (χ2n) is 2.25. The second-order valence-corrected chi connectivity index (χ2v) is 2.25. The van der Waals surface area contributed by atoms with Gasteiger partial charge in [0.15, 0.2) is 0 Å². The van der Waals surface area contributed by atoms with Crippen molar-refractivity contribution in [3.8, 4) is 11.1 Å². The molecule has 0 aliphatic heterocycles. The summed E-state index contributed by atoms with van der Waals surface area (Å²) in [5.74, 6) is 0. The van der Waals surface area contributed by atoms with Gasteiger partial charge in [0.1, 0.15) is 0 Å². The van der Waals surface area contributed by atoms with Gasteiger partial charge in [-0.3, -0.25) is 4.98 Å². The van der Waals surface area contributed by atoms with Crippen LogP contribution in [0.15, 0.2) is 47.5 Å². The van der Waals surface area contributed by atoms with E-state index >= 15 is 0 Å². The summed E-state index contributed by atoms with van der Waals surface area (Å²) in [4.78, 5) is 3.92. The highest BCUT2D eigenvalue weighted by atomic mass is 16.3. The molecule has 54 valence electrons. The molecule has 2 nitrogen and oxygen atoms in total. The Bertz CT molecular complexity index is 313. The molecule has 0 fully saturated rings. The van der Waals surface area contributed by atoms with Gasteiger partial charge in [0.05, 0.1) is 12.5 Å². The molecule has 0 unspecified atom stereocenters. The normalized spacial score (nSPS) is 9.82. The first-order valence-electron chi connectivity index (χ1n) is 3.39. The van der Waals surface area contributed by atoms with Gasteiger partial charge in [-0.2, -0.15) is 0 Å². The van der Waals surface area contributed by atoms with E-state index in [2.05, 4.69) is 4.98 Å². The highest BCUT2D eigenvalue weighted by molar-refractivity contribution is 5.60. The summed E-state index contributed by atoms with van der Waals surface area (Å²) in [5, 5.41) is 0. The van der Waals surface area contributed by atoms with Crippen molar-refractivity contribution in [2.45, 2.75) is 0 Å². The summed E-state index contributed by atoms with van der Waals surface area (Å²) in [6, 6.07) is 5.82. The van der Waals surface area contributed by atoms with Crippen LogP contribution in [0.2, 0.25) is 0 Å². The lowest BCUT2D eigenvalue weighted by atomic mass is 10.1. The lowest BCUT2D eigenvalue weighted by Crippen LogP contribution is -1.72. The van der Waals surface area contributed by atoms with Crippen molar-refractivity contribution < 1.29 is 4.42 Å². The molecule has 0 aromatic carbocycles. The van der Waals surface area contributed by atoms with Crippen molar-refractivity contribution in [3.05, 3.63) is 43.1 Å². The van der Waals surface area contributed by atoms with E-state index in [4.69, 9.17) is 4.42 Å². The summed E-state index contributed by atoms with van der Waals surface area (Å²) < 4.78 is 4.95.